The van der Waals surface area contributed by atoms with Gasteiger partial charge in [-0.3, -0.25) is 10.7 Å². The zero-order chi connectivity index (χ0) is 17.4. The molecule has 0 bridgehead atoms. The fourth-order valence-electron chi connectivity index (χ4n) is 3.39. The number of aryl methyl sites for hydroxylation is 4. The lowest BCUT2D eigenvalue weighted by Crippen LogP contribution is -2.04. The van der Waals surface area contributed by atoms with Crippen molar-refractivity contribution >= 4 is 16.5 Å². The van der Waals surface area contributed by atoms with E-state index in [2.05, 4.69) is 34.1 Å². The minimum atomic E-state index is 0.575. The van der Waals surface area contributed by atoms with Gasteiger partial charge < -0.3 is 9.30 Å². The summed E-state index contributed by atoms with van der Waals surface area (Å²) in [6, 6.07) is 5.63. The number of nitrogens with one attached hydrogen (secondary N) is 1. The maximum atomic E-state index is 9.59. The Balaban J connectivity index is 2.31. The quantitative estimate of drug-likeness (QED) is 0.712. The van der Waals surface area contributed by atoms with E-state index in [0.717, 1.165) is 39.2 Å². The number of fused-ring (bicyclic) bond motifs is 1. The second kappa shape index (κ2) is 6.13. The number of hydrogen-bond acceptors (Lipinski definition) is 5. The van der Waals surface area contributed by atoms with Gasteiger partial charge in [-0.1, -0.05) is 0 Å². The van der Waals surface area contributed by atoms with Crippen LogP contribution in [0.2, 0.25) is 0 Å². The molecule has 0 unspecified atom stereocenters. The molecule has 24 heavy (non-hydrogen) atoms. The number of hydrogen-bond donors (Lipinski definition) is 2. The van der Waals surface area contributed by atoms with Crippen LogP contribution in [0.4, 0.5) is 5.69 Å². The van der Waals surface area contributed by atoms with Gasteiger partial charge in [0, 0.05) is 28.2 Å². The minimum absolute atomic E-state index is 0.575. The molecule has 0 aliphatic rings. The molecule has 3 rings (SSSR count). The number of benzene rings is 1. The zero-order valence-corrected chi connectivity index (χ0v) is 14.6. The molecule has 2 heterocycles. The SMILES string of the molecule is CCOc1ccc(-n2c(C)c3c(C)nnc(C)c3c2C)c(NO)c1. The van der Waals surface area contributed by atoms with Crippen LogP contribution in [0, 0.1) is 27.7 Å². The van der Waals surface area contributed by atoms with Crippen LogP contribution in [-0.2, 0) is 0 Å². The van der Waals surface area contributed by atoms with Crippen molar-refractivity contribution in [1.29, 1.82) is 0 Å². The standard InChI is InChI=1S/C18H22N4O2/c1-6-24-14-7-8-16(15(9-14)21-23)22-12(4)17-10(2)19-20-11(3)18(17)13(22)5/h7-9,21,23H,6H2,1-5H3. The van der Waals surface area contributed by atoms with E-state index in [1.54, 1.807) is 6.07 Å². The summed E-state index contributed by atoms with van der Waals surface area (Å²) in [5.41, 5.74) is 7.67. The molecule has 1 aromatic carbocycles. The molecule has 2 aromatic heterocycles. The van der Waals surface area contributed by atoms with Gasteiger partial charge in [0.25, 0.3) is 0 Å². The van der Waals surface area contributed by atoms with Crippen LogP contribution in [0.15, 0.2) is 18.2 Å². The van der Waals surface area contributed by atoms with Gasteiger partial charge in [-0.15, -0.1) is 0 Å². The average Bonchev–Trinajstić information content (AvgIpc) is 2.83. The van der Waals surface area contributed by atoms with Gasteiger partial charge in [0.2, 0.25) is 0 Å². The molecule has 0 saturated carbocycles. The third kappa shape index (κ3) is 2.39. The Bertz CT molecular complexity index is 870. The maximum Gasteiger partial charge on any atom is 0.121 e. The highest BCUT2D eigenvalue weighted by atomic mass is 16.5. The lowest BCUT2D eigenvalue weighted by molar-refractivity contribution is 0.339. The monoisotopic (exact) mass is 326 g/mol. The van der Waals surface area contributed by atoms with E-state index in [1.165, 1.54) is 0 Å². The Morgan fingerprint density at radius 2 is 1.62 bits per heavy atom. The highest BCUT2D eigenvalue weighted by Gasteiger charge is 2.19. The molecule has 0 aliphatic carbocycles. The Hall–Kier alpha value is -2.60. The van der Waals surface area contributed by atoms with Crippen molar-refractivity contribution in [2.45, 2.75) is 34.6 Å². The highest BCUT2D eigenvalue weighted by molar-refractivity contribution is 5.93. The van der Waals surface area contributed by atoms with E-state index in [1.807, 2.05) is 32.9 Å². The van der Waals surface area contributed by atoms with E-state index in [0.29, 0.717) is 18.0 Å². The first-order valence-corrected chi connectivity index (χ1v) is 7.98. The lowest BCUT2D eigenvalue weighted by atomic mass is 10.1. The molecule has 6 heteroatoms. The third-order valence-corrected chi connectivity index (χ3v) is 4.36. The molecule has 0 fully saturated rings. The minimum Gasteiger partial charge on any atom is -0.494 e. The van der Waals surface area contributed by atoms with Gasteiger partial charge >= 0.3 is 0 Å². The average molecular weight is 326 g/mol. The van der Waals surface area contributed by atoms with Gasteiger partial charge in [-0.25, -0.2) is 0 Å². The second-order valence-electron chi connectivity index (χ2n) is 5.85. The van der Waals surface area contributed by atoms with Gasteiger partial charge in [0.15, 0.2) is 0 Å². The lowest BCUT2D eigenvalue weighted by Gasteiger charge is -2.15. The molecule has 0 spiro atoms. The van der Waals surface area contributed by atoms with Crippen LogP contribution < -0.4 is 10.2 Å². The molecule has 0 radical (unpaired) electrons. The number of ether oxygens (including phenoxy) is 1. The number of anilines is 1. The summed E-state index contributed by atoms with van der Waals surface area (Å²) in [5, 5.41) is 20.3. The largest absolute Gasteiger partial charge is 0.494 e. The van der Waals surface area contributed by atoms with Crippen molar-refractivity contribution in [3.8, 4) is 11.4 Å². The number of nitrogens with zero attached hydrogens (tertiary/aromatic N) is 3. The topological polar surface area (TPSA) is 72.2 Å². The fraction of sp³-hybridized carbons (Fsp3) is 0.333. The van der Waals surface area contributed by atoms with E-state index < -0.39 is 0 Å². The van der Waals surface area contributed by atoms with Crippen molar-refractivity contribution < 1.29 is 9.94 Å². The van der Waals surface area contributed by atoms with Crippen LogP contribution in [0.5, 0.6) is 5.75 Å². The molecule has 0 saturated heterocycles. The molecule has 0 aliphatic heterocycles. The molecular weight excluding hydrogens is 304 g/mol. The van der Waals surface area contributed by atoms with E-state index in [9.17, 15) is 5.21 Å². The van der Waals surface area contributed by atoms with Crippen LogP contribution >= 0.6 is 0 Å². The predicted molar refractivity (Wildman–Crippen MR) is 94.4 cm³/mol. The molecule has 0 amide bonds. The van der Waals surface area contributed by atoms with Crippen LogP contribution in [0.1, 0.15) is 29.7 Å². The summed E-state index contributed by atoms with van der Waals surface area (Å²) in [4.78, 5) is 0. The summed E-state index contributed by atoms with van der Waals surface area (Å²) < 4.78 is 7.63. The Morgan fingerprint density at radius 3 is 2.12 bits per heavy atom. The Kier molecular flexibility index (Phi) is 4.15. The Labute approximate surface area is 141 Å². The molecule has 0 atom stereocenters. The molecule has 3 aromatic rings. The summed E-state index contributed by atoms with van der Waals surface area (Å²) in [6.45, 7) is 10.6. The summed E-state index contributed by atoms with van der Waals surface area (Å²) in [7, 11) is 0. The van der Waals surface area contributed by atoms with E-state index in [4.69, 9.17) is 4.74 Å². The van der Waals surface area contributed by atoms with Crippen LogP contribution in [0.3, 0.4) is 0 Å². The molecule has 6 nitrogen and oxygen atoms in total. The summed E-state index contributed by atoms with van der Waals surface area (Å²) >= 11 is 0. The number of rotatable bonds is 4. The van der Waals surface area contributed by atoms with Crippen molar-refractivity contribution in [3.05, 3.63) is 41.0 Å². The van der Waals surface area contributed by atoms with Gasteiger partial charge in [-0.2, -0.15) is 10.2 Å². The van der Waals surface area contributed by atoms with Gasteiger partial charge in [0.1, 0.15) is 5.75 Å². The summed E-state index contributed by atoms with van der Waals surface area (Å²) in [6.07, 6.45) is 0. The van der Waals surface area contributed by atoms with Gasteiger partial charge in [0.05, 0.1) is 29.4 Å². The first kappa shape index (κ1) is 16.3. The van der Waals surface area contributed by atoms with Crippen LogP contribution in [0.25, 0.3) is 16.5 Å². The molecular formula is C18H22N4O2. The first-order chi connectivity index (χ1) is 11.5. The van der Waals surface area contributed by atoms with Crippen molar-refractivity contribution in [2.24, 2.45) is 0 Å². The normalized spacial score (nSPS) is 11.1. The summed E-state index contributed by atoms with van der Waals surface area (Å²) in [5.74, 6) is 0.709. The zero-order valence-electron chi connectivity index (χ0n) is 14.6. The molecule has 2 N–H and O–H groups in total. The Morgan fingerprint density at radius 1 is 1.04 bits per heavy atom. The van der Waals surface area contributed by atoms with Crippen molar-refractivity contribution in [2.75, 3.05) is 12.1 Å². The third-order valence-electron chi connectivity index (χ3n) is 4.36. The maximum absolute atomic E-state index is 9.59. The smallest absolute Gasteiger partial charge is 0.121 e. The van der Waals surface area contributed by atoms with Crippen LogP contribution in [-0.4, -0.2) is 26.6 Å². The highest BCUT2D eigenvalue weighted by Crippen LogP contribution is 2.35. The number of aromatic nitrogens is 3. The van der Waals surface area contributed by atoms with Gasteiger partial charge in [-0.05, 0) is 46.8 Å². The second-order valence-corrected chi connectivity index (χ2v) is 5.85. The van der Waals surface area contributed by atoms with Crippen molar-refractivity contribution in [3.63, 3.8) is 0 Å². The predicted octanol–water partition coefficient (Wildman–Crippen LogP) is 3.85. The fourth-order valence-corrected chi connectivity index (χ4v) is 3.39. The molecule has 126 valence electrons. The van der Waals surface area contributed by atoms with E-state index in [-0.39, 0.29) is 0 Å². The van der Waals surface area contributed by atoms with Crippen molar-refractivity contribution in [1.82, 2.24) is 14.8 Å². The first-order valence-electron chi connectivity index (χ1n) is 7.98. The van der Waals surface area contributed by atoms with E-state index >= 15 is 0 Å².